The van der Waals surface area contributed by atoms with Gasteiger partial charge in [0.25, 0.3) is 0 Å². The first-order valence-corrected chi connectivity index (χ1v) is 7.07. The zero-order valence-corrected chi connectivity index (χ0v) is 12.5. The van der Waals surface area contributed by atoms with Crippen molar-refractivity contribution in [2.24, 2.45) is 7.05 Å². The highest BCUT2D eigenvalue weighted by Crippen LogP contribution is 2.28. The summed E-state index contributed by atoms with van der Waals surface area (Å²) in [6, 6.07) is 0. The lowest BCUT2D eigenvalue weighted by atomic mass is 9.93. The fourth-order valence-electron chi connectivity index (χ4n) is 1.75. The van der Waals surface area contributed by atoms with E-state index in [0.29, 0.717) is 17.8 Å². The van der Waals surface area contributed by atoms with Gasteiger partial charge in [-0.05, 0) is 0 Å². The average molecular weight is 280 g/mol. The third-order valence-electron chi connectivity index (χ3n) is 3.06. The summed E-state index contributed by atoms with van der Waals surface area (Å²) >= 11 is 1.57. The van der Waals surface area contributed by atoms with Crippen molar-refractivity contribution in [2.45, 2.75) is 38.7 Å². The molecular formula is C13H20N4OS. The third kappa shape index (κ3) is 2.96. The van der Waals surface area contributed by atoms with Gasteiger partial charge in [-0.3, -0.25) is 4.68 Å². The fraction of sp³-hybridized carbons (Fsp3) is 0.538. The largest absolute Gasteiger partial charge is 0.388 e. The monoisotopic (exact) mass is 280 g/mol. The maximum absolute atomic E-state index is 10.2. The van der Waals surface area contributed by atoms with Gasteiger partial charge >= 0.3 is 0 Å². The molecule has 0 aliphatic rings. The molecule has 0 saturated heterocycles. The van der Waals surface area contributed by atoms with E-state index in [0.717, 1.165) is 10.7 Å². The predicted octanol–water partition coefficient (Wildman–Crippen LogP) is 2.03. The van der Waals surface area contributed by atoms with E-state index < -0.39 is 6.10 Å². The number of rotatable bonds is 3. The number of nitrogens with two attached hydrogens (primary N) is 1. The maximum Gasteiger partial charge on any atom is 0.127 e. The normalized spacial score (nSPS) is 13.7. The van der Waals surface area contributed by atoms with Crippen molar-refractivity contribution >= 4 is 17.2 Å². The third-order valence-corrected chi connectivity index (χ3v) is 3.93. The van der Waals surface area contributed by atoms with Crippen LogP contribution in [0.1, 0.15) is 43.1 Å². The SMILES string of the molecule is Cn1ncc(C(O)Cc2nc(C(C)(C)C)cs2)c1N. The van der Waals surface area contributed by atoms with Gasteiger partial charge in [-0.1, -0.05) is 20.8 Å². The average Bonchev–Trinajstić information content (AvgIpc) is 2.87. The van der Waals surface area contributed by atoms with Crippen LogP contribution in [0.2, 0.25) is 0 Å². The molecule has 0 aromatic carbocycles. The summed E-state index contributed by atoms with van der Waals surface area (Å²) in [6.45, 7) is 6.38. The number of anilines is 1. The van der Waals surface area contributed by atoms with E-state index in [9.17, 15) is 5.11 Å². The molecule has 3 N–H and O–H groups in total. The lowest BCUT2D eigenvalue weighted by Crippen LogP contribution is -2.12. The number of nitrogens with zero attached hydrogens (tertiary/aromatic N) is 3. The van der Waals surface area contributed by atoms with Crippen LogP contribution in [-0.2, 0) is 18.9 Å². The summed E-state index contributed by atoms with van der Waals surface area (Å²) in [5.74, 6) is 0.500. The molecule has 0 spiro atoms. The molecule has 2 heterocycles. The quantitative estimate of drug-likeness (QED) is 0.902. The summed E-state index contributed by atoms with van der Waals surface area (Å²) in [5, 5.41) is 17.2. The second-order valence-electron chi connectivity index (χ2n) is 5.71. The molecule has 0 fully saturated rings. The van der Waals surface area contributed by atoms with Gasteiger partial charge in [-0.2, -0.15) is 5.10 Å². The van der Waals surface area contributed by atoms with Crippen LogP contribution < -0.4 is 5.73 Å². The predicted molar refractivity (Wildman–Crippen MR) is 77.1 cm³/mol. The van der Waals surface area contributed by atoms with Crippen LogP contribution in [-0.4, -0.2) is 19.9 Å². The molecule has 0 saturated carbocycles. The van der Waals surface area contributed by atoms with Gasteiger partial charge in [0.1, 0.15) is 5.82 Å². The number of aromatic nitrogens is 3. The zero-order valence-electron chi connectivity index (χ0n) is 11.7. The van der Waals surface area contributed by atoms with Crippen LogP contribution >= 0.6 is 11.3 Å². The van der Waals surface area contributed by atoms with E-state index in [2.05, 4.69) is 36.2 Å². The lowest BCUT2D eigenvalue weighted by molar-refractivity contribution is 0.179. The van der Waals surface area contributed by atoms with Crippen LogP contribution in [0.15, 0.2) is 11.6 Å². The second-order valence-corrected chi connectivity index (χ2v) is 6.65. The van der Waals surface area contributed by atoms with Gasteiger partial charge in [0.05, 0.1) is 23.0 Å². The van der Waals surface area contributed by atoms with Crippen molar-refractivity contribution in [1.29, 1.82) is 0 Å². The highest BCUT2D eigenvalue weighted by Gasteiger charge is 2.20. The van der Waals surface area contributed by atoms with Gasteiger partial charge in [0, 0.05) is 29.8 Å². The van der Waals surface area contributed by atoms with Crippen LogP contribution in [0.5, 0.6) is 0 Å². The van der Waals surface area contributed by atoms with E-state index in [-0.39, 0.29) is 5.41 Å². The molecule has 2 rings (SSSR count). The molecule has 6 heteroatoms. The summed E-state index contributed by atoms with van der Waals surface area (Å²) in [4.78, 5) is 4.57. The first-order chi connectivity index (χ1) is 8.79. The molecule has 0 bridgehead atoms. The Hall–Kier alpha value is -1.40. The standard InChI is InChI=1S/C13H20N4OS/c1-13(2,3)10-7-19-11(16-10)5-9(18)8-6-15-17(4)12(8)14/h6-7,9,18H,5,14H2,1-4H3. The number of aliphatic hydroxyl groups excluding tert-OH is 1. The zero-order chi connectivity index (χ0) is 14.2. The smallest absolute Gasteiger partial charge is 0.127 e. The van der Waals surface area contributed by atoms with Crippen molar-refractivity contribution in [3.8, 4) is 0 Å². The van der Waals surface area contributed by atoms with Gasteiger partial charge < -0.3 is 10.8 Å². The van der Waals surface area contributed by atoms with Crippen molar-refractivity contribution in [3.63, 3.8) is 0 Å². The number of hydrogen-bond acceptors (Lipinski definition) is 5. The number of aryl methyl sites for hydroxylation is 1. The van der Waals surface area contributed by atoms with Crippen LogP contribution in [0, 0.1) is 0 Å². The molecule has 1 atom stereocenters. The Balaban J connectivity index is 2.13. The molecule has 2 aromatic rings. The molecule has 19 heavy (non-hydrogen) atoms. The Kier molecular flexibility index (Phi) is 3.64. The first kappa shape index (κ1) is 14.0. The number of thiazole rings is 1. The van der Waals surface area contributed by atoms with E-state index in [1.165, 1.54) is 0 Å². The summed E-state index contributed by atoms with van der Waals surface area (Å²) in [5.41, 5.74) is 7.61. The molecule has 5 nitrogen and oxygen atoms in total. The van der Waals surface area contributed by atoms with Crippen molar-refractivity contribution in [1.82, 2.24) is 14.8 Å². The Bertz CT molecular complexity index is 567. The summed E-state index contributed by atoms with van der Waals surface area (Å²) in [6.07, 6.45) is 1.42. The van der Waals surface area contributed by atoms with Gasteiger partial charge in [-0.25, -0.2) is 4.98 Å². The second kappa shape index (κ2) is 4.94. The minimum Gasteiger partial charge on any atom is -0.388 e. The van der Waals surface area contributed by atoms with Gasteiger partial charge in [0.15, 0.2) is 0 Å². The number of nitrogen functional groups attached to an aromatic ring is 1. The number of aliphatic hydroxyl groups is 1. The molecule has 0 aliphatic heterocycles. The fourth-order valence-corrected chi connectivity index (χ4v) is 2.80. The Morgan fingerprint density at radius 1 is 1.47 bits per heavy atom. The molecule has 0 radical (unpaired) electrons. The van der Waals surface area contributed by atoms with Crippen molar-refractivity contribution in [2.75, 3.05) is 5.73 Å². The maximum atomic E-state index is 10.2. The highest BCUT2D eigenvalue weighted by atomic mass is 32.1. The van der Waals surface area contributed by atoms with Crippen LogP contribution in [0.4, 0.5) is 5.82 Å². The van der Waals surface area contributed by atoms with E-state index in [1.54, 1.807) is 29.3 Å². The Morgan fingerprint density at radius 3 is 2.63 bits per heavy atom. The van der Waals surface area contributed by atoms with Gasteiger partial charge in [0.2, 0.25) is 0 Å². The molecular weight excluding hydrogens is 260 g/mol. The molecule has 1 unspecified atom stereocenters. The molecule has 0 aliphatic carbocycles. The van der Waals surface area contributed by atoms with Gasteiger partial charge in [-0.15, -0.1) is 11.3 Å². The first-order valence-electron chi connectivity index (χ1n) is 6.19. The van der Waals surface area contributed by atoms with Crippen molar-refractivity contribution in [3.05, 3.63) is 27.8 Å². The molecule has 2 aromatic heterocycles. The minimum absolute atomic E-state index is 0.0348. The van der Waals surface area contributed by atoms with Crippen LogP contribution in [0.25, 0.3) is 0 Å². The van der Waals surface area contributed by atoms with E-state index >= 15 is 0 Å². The highest BCUT2D eigenvalue weighted by molar-refractivity contribution is 7.09. The Morgan fingerprint density at radius 2 is 2.16 bits per heavy atom. The summed E-state index contributed by atoms with van der Waals surface area (Å²) < 4.78 is 1.56. The molecule has 0 amide bonds. The minimum atomic E-state index is -0.660. The molecule has 104 valence electrons. The van der Waals surface area contributed by atoms with E-state index in [1.807, 2.05) is 0 Å². The summed E-state index contributed by atoms with van der Waals surface area (Å²) in [7, 11) is 1.76. The Labute approximate surface area is 117 Å². The van der Waals surface area contributed by atoms with Crippen molar-refractivity contribution < 1.29 is 5.11 Å². The van der Waals surface area contributed by atoms with Crippen LogP contribution in [0.3, 0.4) is 0 Å². The number of hydrogen-bond donors (Lipinski definition) is 2. The topological polar surface area (TPSA) is 77.0 Å². The van der Waals surface area contributed by atoms with E-state index in [4.69, 9.17) is 5.73 Å². The lowest BCUT2D eigenvalue weighted by Gasteiger charge is -2.14.